The number of hydrogen-bond donors (Lipinski definition) is 0. The summed E-state index contributed by atoms with van der Waals surface area (Å²) in [6, 6.07) is 0. The molecule has 0 N–H and O–H groups in total. The average Bonchev–Trinajstić information content (AvgIpc) is 2.94. The van der Waals surface area contributed by atoms with Gasteiger partial charge in [0.25, 0.3) is 0 Å². The molecule has 1 nitrogen and oxygen atoms in total. The Hall–Kier alpha value is 0.209. The molecular formula is C23H42OSn. The van der Waals surface area contributed by atoms with E-state index in [2.05, 4.69) is 33.8 Å². The molecule has 0 aromatic rings. The molecule has 2 unspecified atom stereocenters. The first-order valence-corrected chi connectivity index (χ1v) is 18.9. The molecule has 1 spiro atoms. The normalized spacial score (nSPS) is 27.1. The van der Waals surface area contributed by atoms with Crippen LogP contribution in [0.2, 0.25) is 17.2 Å². The fraction of sp³-hybridized carbons (Fsp3) is 0.870. The predicted octanol–water partition coefficient (Wildman–Crippen LogP) is 7.69. The van der Waals surface area contributed by atoms with Gasteiger partial charge in [-0.05, 0) is 0 Å². The van der Waals surface area contributed by atoms with Gasteiger partial charge >= 0.3 is 162 Å². The molecule has 0 radical (unpaired) electrons. The summed E-state index contributed by atoms with van der Waals surface area (Å²) in [6.07, 6.45) is 16.3. The van der Waals surface area contributed by atoms with Crippen LogP contribution in [0.1, 0.15) is 98.3 Å². The molecule has 144 valence electrons. The Labute approximate surface area is 161 Å². The number of unbranched alkanes of at least 4 members (excludes halogenated alkanes) is 3. The van der Waals surface area contributed by atoms with E-state index >= 15 is 0 Å². The van der Waals surface area contributed by atoms with Gasteiger partial charge in [-0.2, -0.15) is 0 Å². The van der Waals surface area contributed by atoms with E-state index in [-0.39, 0.29) is 5.41 Å². The van der Waals surface area contributed by atoms with Crippen molar-refractivity contribution in [2.45, 2.75) is 116 Å². The quantitative estimate of drug-likeness (QED) is 0.245. The number of ketones is 1. The van der Waals surface area contributed by atoms with Crippen LogP contribution in [0.3, 0.4) is 0 Å². The van der Waals surface area contributed by atoms with Crippen molar-refractivity contribution in [2.24, 2.45) is 5.41 Å². The van der Waals surface area contributed by atoms with Crippen LogP contribution in [0.4, 0.5) is 0 Å². The van der Waals surface area contributed by atoms with E-state index in [1.54, 1.807) is 13.3 Å². The number of carbonyl (C=O) groups is 1. The van der Waals surface area contributed by atoms with Crippen LogP contribution in [0, 0.1) is 5.41 Å². The topological polar surface area (TPSA) is 17.1 Å². The molecule has 0 aromatic carbocycles. The molecule has 2 aliphatic rings. The van der Waals surface area contributed by atoms with Gasteiger partial charge in [-0.15, -0.1) is 0 Å². The van der Waals surface area contributed by atoms with Crippen molar-refractivity contribution in [3.8, 4) is 0 Å². The SMILES string of the molecule is CCC[CH2][Sn]([CH2]CCC)([CH2]CCC)[CH]1CC(=O)C2(CC=C(C)CC2)C1. The van der Waals surface area contributed by atoms with Crippen LogP contribution < -0.4 is 0 Å². The van der Waals surface area contributed by atoms with Gasteiger partial charge in [0.1, 0.15) is 0 Å². The number of rotatable bonds is 10. The molecule has 2 heteroatoms. The van der Waals surface area contributed by atoms with E-state index in [9.17, 15) is 4.79 Å². The van der Waals surface area contributed by atoms with E-state index in [1.807, 2.05) is 0 Å². The van der Waals surface area contributed by atoms with E-state index in [0.29, 0.717) is 5.78 Å². The molecule has 2 atom stereocenters. The third-order valence-electron chi connectivity index (χ3n) is 7.45. The Morgan fingerprint density at radius 2 is 1.60 bits per heavy atom. The molecule has 2 aliphatic carbocycles. The van der Waals surface area contributed by atoms with Gasteiger partial charge < -0.3 is 0 Å². The summed E-state index contributed by atoms with van der Waals surface area (Å²) in [7, 11) is 0. The molecule has 0 heterocycles. The second-order valence-corrected chi connectivity index (χ2v) is 23.6. The second-order valence-electron chi connectivity index (χ2n) is 9.24. The van der Waals surface area contributed by atoms with E-state index in [1.165, 1.54) is 56.9 Å². The molecule has 0 bridgehead atoms. The number of carbonyl (C=O) groups excluding carboxylic acids is 1. The van der Waals surface area contributed by atoms with Crippen LogP contribution >= 0.6 is 0 Å². The molecular weight excluding hydrogens is 411 g/mol. The van der Waals surface area contributed by atoms with E-state index in [0.717, 1.165) is 23.2 Å². The molecule has 0 aromatic heterocycles. The van der Waals surface area contributed by atoms with Crippen molar-refractivity contribution in [1.29, 1.82) is 0 Å². The summed E-state index contributed by atoms with van der Waals surface area (Å²) in [5, 5.41) is 0. The van der Waals surface area contributed by atoms with Gasteiger partial charge in [0, 0.05) is 0 Å². The summed E-state index contributed by atoms with van der Waals surface area (Å²) >= 11 is -2.25. The van der Waals surface area contributed by atoms with Gasteiger partial charge in [0.15, 0.2) is 0 Å². The zero-order valence-electron chi connectivity index (χ0n) is 17.5. The molecule has 0 saturated heterocycles. The number of allylic oxidation sites excluding steroid dienone is 2. The van der Waals surface area contributed by atoms with Gasteiger partial charge in [-0.1, -0.05) is 0 Å². The molecule has 1 fully saturated rings. The average molecular weight is 453 g/mol. The first-order valence-electron chi connectivity index (χ1n) is 11.2. The fourth-order valence-corrected chi connectivity index (χ4v) is 24.4. The van der Waals surface area contributed by atoms with Crippen LogP contribution in [-0.2, 0) is 4.79 Å². The molecule has 0 aliphatic heterocycles. The summed E-state index contributed by atoms with van der Waals surface area (Å²) in [5.41, 5.74) is 1.58. The minimum atomic E-state index is -2.25. The predicted molar refractivity (Wildman–Crippen MR) is 113 cm³/mol. The third-order valence-corrected chi connectivity index (χ3v) is 25.1. The summed E-state index contributed by atoms with van der Waals surface area (Å²) in [5.74, 6) is 0.659. The van der Waals surface area contributed by atoms with E-state index < -0.39 is 18.4 Å². The maximum atomic E-state index is 13.1. The summed E-state index contributed by atoms with van der Waals surface area (Å²) in [6.45, 7) is 9.31. The van der Waals surface area contributed by atoms with Gasteiger partial charge in [-0.3, -0.25) is 0 Å². The molecule has 25 heavy (non-hydrogen) atoms. The first kappa shape index (κ1) is 21.5. The number of hydrogen-bond acceptors (Lipinski definition) is 1. The van der Waals surface area contributed by atoms with E-state index in [4.69, 9.17) is 0 Å². The second kappa shape index (κ2) is 9.95. The summed E-state index contributed by atoms with van der Waals surface area (Å²) < 4.78 is 5.55. The molecule has 2 rings (SSSR count). The van der Waals surface area contributed by atoms with Crippen LogP contribution in [0.5, 0.6) is 0 Å². The van der Waals surface area contributed by atoms with Crippen LogP contribution in [0.15, 0.2) is 11.6 Å². The van der Waals surface area contributed by atoms with Crippen molar-refractivity contribution < 1.29 is 4.79 Å². The van der Waals surface area contributed by atoms with Crippen molar-refractivity contribution in [3.63, 3.8) is 0 Å². The number of Topliss-reactive ketones (excluding diaryl/α,β-unsaturated/α-hetero) is 1. The zero-order valence-corrected chi connectivity index (χ0v) is 20.3. The monoisotopic (exact) mass is 454 g/mol. The summed E-state index contributed by atoms with van der Waals surface area (Å²) in [4.78, 5) is 13.1. The Bertz CT molecular complexity index is 445. The van der Waals surface area contributed by atoms with Gasteiger partial charge in [0.2, 0.25) is 0 Å². The molecule has 1 saturated carbocycles. The Balaban J connectivity index is 2.21. The maximum absolute atomic E-state index is 13.1. The molecule has 0 amide bonds. The van der Waals surface area contributed by atoms with Gasteiger partial charge in [0.05, 0.1) is 0 Å². The van der Waals surface area contributed by atoms with Crippen molar-refractivity contribution >= 4 is 24.2 Å². The third kappa shape index (κ3) is 5.14. The van der Waals surface area contributed by atoms with Crippen molar-refractivity contribution in [1.82, 2.24) is 0 Å². The van der Waals surface area contributed by atoms with Crippen LogP contribution in [-0.4, -0.2) is 24.2 Å². The zero-order chi connectivity index (χ0) is 18.3. The van der Waals surface area contributed by atoms with Gasteiger partial charge in [-0.25, -0.2) is 0 Å². The van der Waals surface area contributed by atoms with Crippen molar-refractivity contribution in [2.75, 3.05) is 0 Å². The Morgan fingerprint density at radius 1 is 1.04 bits per heavy atom. The first-order chi connectivity index (χ1) is 12.0. The van der Waals surface area contributed by atoms with Crippen LogP contribution in [0.25, 0.3) is 0 Å². The Kier molecular flexibility index (Phi) is 8.56. The fourth-order valence-electron chi connectivity index (χ4n) is 5.55. The standard InChI is InChI=1S/C11H15O.3C4H9.Sn/c1-9-4-7-11(8-5-9)6-2-3-10(11)12;3*1-3-4-2;/h2,4H,3,5-8H2,1H3;3*1,3-4H2,2H3;. The minimum absolute atomic E-state index is 0.0665. The van der Waals surface area contributed by atoms with Crippen molar-refractivity contribution in [3.05, 3.63) is 11.6 Å². The Morgan fingerprint density at radius 3 is 2.04 bits per heavy atom.